The smallest absolute Gasteiger partial charge is 0.227 e. The molecule has 0 unspecified atom stereocenters. The van der Waals surface area contributed by atoms with Gasteiger partial charge in [0.15, 0.2) is 0 Å². The molecule has 2 heterocycles. The minimum absolute atomic E-state index is 0.142. The number of amides is 1. The van der Waals surface area contributed by atoms with Crippen molar-refractivity contribution in [2.24, 2.45) is 0 Å². The number of carbonyl (C=O) groups is 1. The highest BCUT2D eigenvalue weighted by molar-refractivity contribution is 6.30. The van der Waals surface area contributed by atoms with Crippen LogP contribution in [0.15, 0.2) is 59.4 Å². The average molecular weight is 440 g/mol. The Morgan fingerprint density at radius 2 is 2.03 bits per heavy atom. The van der Waals surface area contributed by atoms with Gasteiger partial charge in [-0.1, -0.05) is 16.8 Å². The lowest BCUT2D eigenvalue weighted by Gasteiger charge is -2.02. The molecule has 0 radical (unpaired) electrons. The fourth-order valence-corrected chi connectivity index (χ4v) is 3.08. The number of aromatic nitrogens is 4. The maximum absolute atomic E-state index is 13.4. The lowest BCUT2D eigenvalue weighted by atomic mass is 10.1. The normalized spacial score (nSPS) is 10.9. The van der Waals surface area contributed by atoms with Crippen LogP contribution in [0, 0.1) is 12.7 Å². The van der Waals surface area contributed by atoms with E-state index in [1.165, 1.54) is 6.07 Å². The van der Waals surface area contributed by atoms with Crippen molar-refractivity contribution in [3.63, 3.8) is 0 Å². The van der Waals surface area contributed by atoms with Crippen LogP contribution >= 0.6 is 11.6 Å². The van der Waals surface area contributed by atoms with E-state index in [4.69, 9.17) is 16.1 Å². The van der Waals surface area contributed by atoms with Crippen molar-refractivity contribution < 1.29 is 13.7 Å². The fraction of sp³-hybridized carbons (Fsp3) is 0.182. The Bertz CT molecular complexity index is 1200. The molecule has 0 bridgehead atoms. The van der Waals surface area contributed by atoms with E-state index >= 15 is 0 Å². The maximum atomic E-state index is 13.4. The van der Waals surface area contributed by atoms with Gasteiger partial charge in [-0.05, 0) is 55.0 Å². The molecule has 2 aromatic heterocycles. The summed E-state index contributed by atoms with van der Waals surface area (Å²) < 4.78 is 20.3. The Hall–Kier alpha value is -3.52. The van der Waals surface area contributed by atoms with Crippen LogP contribution in [0.5, 0.6) is 0 Å². The third-order valence-corrected chi connectivity index (χ3v) is 4.92. The van der Waals surface area contributed by atoms with Crippen molar-refractivity contribution in [2.45, 2.75) is 26.3 Å². The van der Waals surface area contributed by atoms with Crippen molar-refractivity contribution in [1.82, 2.24) is 25.2 Å². The van der Waals surface area contributed by atoms with Gasteiger partial charge in [0.1, 0.15) is 5.82 Å². The Morgan fingerprint density at radius 1 is 1.23 bits per heavy atom. The van der Waals surface area contributed by atoms with Gasteiger partial charge in [-0.25, -0.2) is 9.07 Å². The van der Waals surface area contributed by atoms with E-state index < -0.39 is 0 Å². The number of carbonyl (C=O) groups excluding carboxylic acids is 1. The first-order valence-corrected chi connectivity index (χ1v) is 10.0. The van der Waals surface area contributed by atoms with E-state index in [2.05, 4.69) is 20.6 Å². The lowest BCUT2D eigenvalue weighted by Crippen LogP contribution is -2.22. The predicted molar refractivity (Wildman–Crippen MR) is 113 cm³/mol. The van der Waals surface area contributed by atoms with E-state index in [0.717, 1.165) is 11.3 Å². The van der Waals surface area contributed by atoms with E-state index in [1.54, 1.807) is 42.1 Å². The number of rotatable bonds is 7. The Labute approximate surface area is 182 Å². The molecule has 31 heavy (non-hydrogen) atoms. The van der Waals surface area contributed by atoms with Gasteiger partial charge in [-0.2, -0.15) is 10.1 Å². The second kappa shape index (κ2) is 9.09. The minimum Gasteiger partial charge on any atom is -0.352 e. The summed E-state index contributed by atoms with van der Waals surface area (Å²) in [7, 11) is 0. The first kappa shape index (κ1) is 20.7. The third-order valence-electron chi connectivity index (χ3n) is 4.67. The largest absolute Gasteiger partial charge is 0.352 e. The number of benzene rings is 2. The molecule has 0 aliphatic heterocycles. The summed E-state index contributed by atoms with van der Waals surface area (Å²) in [6.45, 7) is 2.03. The molecule has 4 rings (SSSR count). The quantitative estimate of drug-likeness (QED) is 0.464. The first-order valence-electron chi connectivity index (χ1n) is 9.63. The summed E-state index contributed by atoms with van der Waals surface area (Å²) in [5, 5.41) is 11.7. The van der Waals surface area contributed by atoms with Gasteiger partial charge >= 0.3 is 0 Å². The van der Waals surface area contributed by atoms with Crippen LogP contribution < -0.4 is 5.32 Å². The van der Waals surface area contributed by atoms with Gasteiger partial charge in [0.2, 0.25) is 17.6 Å². The Morgan fingerprint density at radius 3 is 2.81 bits per heavy atom. The zero-order chi connectivity index (χ0) is 21.8. The molecule has 0 fully saturated rings. The SMILES string of the molecule is Cc1cc(-c2noc(CCC(=O)NCc3cnn(-c4ccc(Cl)cc4)c3)n2)ccc1F. The highest BCUT2D eigenvalue weighted by Gasteiger charge is 2.12. The monoisotopic (exact) mass is 439 g/mol. The standard InChI is InChI=1S/C22H19ClFN5O2/c1-14-10-16(2-7-19(14)24)22-27-21(31-28-22)9-8-20(30)25-11-15-12-26-29(13-15)18-5-3-17(23)4-6-18/h2-7,10,12-13H,8-9,11H2,1H3,(H,25,30). The predicted octanol–water partition coefficient (Wildman–Crippen LogP) is 4.27. The van der Waals surface area contributed by atoms with Crippen molar-refractivity contribution in [1.29, 1.82) is 0 Å². The molecule has 0 spiro atoms. The van der Waals surface area contributed by atoms with Crippen LogP contribution in [-0.2, 0) is 17.8 Å². The fourth-order valence-electron chi connectivity index (χ4n) is 2.95. The Balaban J connectivity index is 1.28. The molecule has 0 saturated carbocycles. The lowest BCUT2D eigenvalue weighted by molar-refractivity contribution is -0.121. The zero-order valence-electron chi connectivity index (χ0n) is 16.7. The van der Waals surface area contributed by atoms with Crippen LogP contribution in [0.4, 0.5) is 4.39 Å². The highest BCUT2D eigenvalue weighted by Crippen LogP contribution is 2.19. The minimum atomic E-state index is -0.289. The van der Waals surface area contributed by atoms with Gasteiger partial charge in [-0.3, -0.25) is 4.79 Å². The maximum Gasteiger partial charge on any atom is 0.227 e. The molecule has 0 aliphatic carbocycles. The number of nitrogens with zero attached hydrogens (tertiary/aromatic N) is 4. The molecule has 2 aromatic carbocycles. The number of hydrogen-bond acceptors (Lipinski definition) is 5. The number of aryl methyl sites for hydroxylation is 2. The van der Waals surface area contributed by atoms with E-state index in [0.29, 0.717) is 40.8 Å². The second-order valence-corrected chi connectivity index (χ2v) is 7.46. The summed E-state index contributed by atoms with van der Waals surface area (Å²) in [5.74, 6) is 0.287. The van der Waals surface area contributed by atoms with E-state index in [1.807, 2.05) is 18.3 Å². The van der Waals surface area contributed by atoms with Crippen LogP contribution in [0.25, 0.3) is 17.1 Å². The van der Waals surface area contributed by atoms with Gasteiger partial charge in [0.25, 0.3) is 0 Å². The van der Waals surface area contributed by atoms with Crippen LogP contribution in [0.2, 0.25) is 5.02 Å². The molecule has 7 nitrogen and oxygen atoms in total. The molecule has 0 atom stereocenters. The molecular weight excluding hydrogens is 421 g/mol. The average Bonchev–Trinajstić information content (AvgIpc) is 3.43. The van der Waals surface area contributed by atoms with Crippen LogP contribution in [-0.4, -0.2) is 25.8 Å². The second-order valence-electron chi connectivity index (χ2n) is 7.02. The molecule has 1 N–H and O–H groups in total. The number of halogens is 2. The summed E-state index contributed by atoms with van der Waals surface area (Å²) in [4.78, 5) is 16.5. The number of hydrogen-bond donors (Lipinski definition) is 1. The molecule has 158 valence electrons. The topological polar surface area (TPSA) is 85.8 Å². The van der Waals surface area contributed by atoms with E-state index in [9.17, 15) is 9.18 Å². The highest BCUT2D eigenvalue weighted by atomic mass is 35.5. The summed E-state index contributed by atoms with van der Waals surface area (Å²) >= 11 is 5.90. The van der Waals surface area contributed by atoms with Crippen molar-refractivity contribution in [2.75, 3.05) is 0 Å². The zero-order valence-corrected chi connectivity index (χ0v) is 17.4. The number of nitrogens with one attached hydrogen (secondary N) is 1. The van der Waals surface area contributed by atoms with Gasteiger partial charge in [0.05, 0.1) is 11.9 Å². The summed E-state index contributed by atoms with van der Waals surface area (Å²) in [6, 6.07) is 11.9. The molecule has 4 aromatic rings. The molecule has 9 heteroatoms. The summed E-state index contributed by atoms with van der Waals surface area (Å²) in [6.07, 6.45) is 4.06. The van der Waals surface area contributed by atoms with Gasteiger partial charge in [-0.15, -0.1) is 0 Å². The molecule has 0 saturated heterocycles. The summed E-state index contributed by atoms with van der Waals surface area (Å²) in [5.41, 5.74) is 2.92. The van der Waals surface area contributed by atoms with Crippen molar-refractivity contribution >= 4 is 17.5 Å². The third kappa shape index (κ3) is 5.16. The Kier molecular flexibility index (Phi) is 6.08. The van der Waals surface area contributed by atoms with Gasteiger partial charge in [0, 0.05) is 41.7 Å². The molecular formula is C22H19ClFN5O2. The molecule has 0 aliphatic rings. The van der Waals surface area contributed by atoms with Gasteiger partial charge < -0.3 is 9.84 Å². The molecule has 1 amide bonds. The van der Waals surface area contributed by atoms with Crippen LogP contribution in [0.1, 0.15) is 23.4 Å². The van der Waals surface area contributed by atoms with Crippen LogP contribution in [0.3, 0.4) is 0 Å². The first-order chi connectivity index (χ1) is 15.0. The van der Waals surface area contributed by atoms with E-state index in [-0.39, 0.29) is 18.1 Å². The van der Waals surface area contributed by atoms with Crippen molar-refractivity contribution in [3.8, 4) is 17.1 Å². The van der Waals surface area contributed by atoms with Crippen molar-refractivity contribution in [3.05, 3.63) is 82.7 Å².